The van der Waals surface area contributed by atoms with E-state index in [0.29, 0.717) is 21.2 Å². The normalized spacial score (nSPS) is 10.2. The molecule has 19 heavy (non-hydrogen) atoms. The molecule has 0 aliphatic rings. The molecule has 1 heterocycles. The summed E-state index contributed by atoms with van der Waals surface area (Å²) in [6.07, 6.45) is 2.78. The lowest BCUT2D eigenvalue weighted by Gasteiger charge is -2.02. The molecule has 2 rings (SSSR count). The van der Waals surface area contributed by atoms with Crippen LogP contribution in [0, 0.1) is 0 Å². The second-order valence-electron chi connectivity index (χ2n) is 3.89. The number of ketones is 2. The summed E-state index contributed by atoms with van der Waals surface area (Å²) in [5, 5.41) is 0.665. The fourth-order valence-corrected chi connectivity index (χ4v) is 1.85. The SMILES string of the molecule is O=C(CC(=O)c1ccc(Cl)c(Cl)c1)c1cccnc1. The average Bonchev–Trinajstić information content (AvgIpc) is 2.42. The third-order valence-electron chi connectivity index (χ3n) is 2.55. The molecule has 2 aromatic rings. The Morgan fingerprint density at radius 2 is 1.74 bits per heavy atom. The molecule has 96 valence electrons. The average molecular weight is 294 g/mol. The fourth-order valence-electron chi connectivity index (χ4n) is 1.55. The Balaban J connectivity index is 2.13. The van der Waals surface area contributed by atoms with Gasteiger partial charge >= 0.3 is 0 Å². The molecule has 0 saturated heterocycles. The molecule has 0 fully saturated rings. The number of benzene rings is 1. The molecule has 0 bridgehead atoms. The first-order valence-electron chi connectivity index (χ1n) is 5.49. The summed E-state index contributed by atoms with van der Waals surface area (Å²) in [7, 11) is 0. The van der Waals surface area contributed by atoms with Crippen molar-refractivity contribution in [1.29, 1.82) is 0 Å². The molecule has 0 saturated carbocycles. The molecule has 0 unspecified atom stereocenters. The van der Waals surface area contributed by atoms with Crippen molar-refractivity contribution in [2.45, 2.75) is 6.42 Å². The van der Waals surface area contributed by atoms with Crippen LogP contribution in [0.3, 0.4) is 0 Å². The molecule has 0 amide bonds. The molecule has 0 spiro atoms. The summed E-state index contributed by atoms with van der Waals surface area (Å²) in [5.41, 5.74) is 0.780. The zero-order valence-electron chi connectivity index (χ0n) is 9.77. The number of hydrogen-bond donors (Lipinski definition) is 0. The summed E-state index contributed by atoms with van der Waals surface area (Å²) in [6.45, 7) is 0. The minimum atomic E-state index is -0.299. The number of Topliss-reactive ketones (excluding diaryl/α,β-unsaturated/α-hetero) is 2. The minimum absolute atomic E-state index is 0.219. The second-order valence-corrected chi connectivity index (χ2v) is 4.71. The van der Waals surface area contributed by atoms with Crippen molar-refractivity contribution in [2.75, 3.05) is 0 Å². The zero-order chi connectivity index (χ0) is 13.8. The summed E-state index contributed by atoms with van der Waals surface area (Å²) < 4.78 is 0. The molecule has 0 radical (unpaired) electrons. The monoisotopic (exact) mass is 293 g/mol. The Morgan fingerprint density at radius 3 is 2.37 bits per heavy atom. The Bertz CT molecular complexity index is 627. The first-order chi connectivity index (χ1) is 9.08. The summed E-state index contributed by atoms with van der Waals surface area (Å²) in [5.74, 6) is -0.573. The van der Waals surface area contributed by atoms with Gasteiger partial charge in [0.05, 0.1) is 16.5 Å². The maximum Gasteiger partial charge on any atom is 0.172 e. The van der Waals surface area contributed by atoms with E-state index in [9.17, 15) is 9.59 Å². The van der Waals surface area contributed by atoms with E-state index < -0.39 is 0 Å². The number of carbonyl (C=O) groups is 2. The zero-order valence-corrected chi connectivity index (χ0v) is 11.3. The van der Waals surface area contributed by atoms with Gasteiger partial charge in [0.2, 0.25) is 0 Å². The molecule has 0 aliphatic heterocycles. The first kappa shape index (κ1) is 13.7. The van der Waals surface area contributed by atoms with Crippen LogP contribution in [0.5, 0.6) is 0 Å². The van der Waals surface area contributed by atoms with Gasteiger partial charge in [0.25, 0.3) is 0 Å². The van der Waals surface area contributed by atoms with Gasteiger partial charge in [-0.3, -0.25) is 14.6 Å². The second kappa shape index (κ2) is 5.95. The van der Waals surface area contributed by atoms with Crippen LogP contribution in [0.4, 0.5) is 0 Å². The van der Waals surface area contributed by atoms with E-state index in [4.69, 9.17) is 23.2 Å². The van der Waals surface area contributed by atoms with E-state index >= 15 is 0 Å². The van der Waals surface area contributed by atoms with Gasteiger partial charge in [0, 0.05) is 23.5 Å². The van der Waals surface area contributed by atoms with E-state index in [0.717, 1.165) is 0 Å². The molecule has 1 aromatic heterocycles. The van der Waals surface area contributed by atoms with Crippen molar-refractivity contribution in [3.63, 3.8) is 0 Å². The van der Waals surface area contributed by atoms with Crippen LogP contribution < -0.4 is 0 Å². The molecule has 5 heteroatoms. The van der Waals surface area contributed by atoms with Crippen molar-refractivity contribution in [2.24, 2.45) is 0 Å². The van der Waals surface area contributed by atoms with Crippen LogP contribution in [0.2, 0.25) is 10.0 Å². The van der Waals surface area contributed by atoms with Crippen LogP contribution >= 0.6 is 23.2 Å². The first-order valence-corrected chi connectivity index (χ1v) is 6.25. The lowest BCUT2D eigenvalue weighted by molar-refractivity contribution is 0.0894. The number of aromatic nitrogens is 1. The third kappa shape index (κ3) is 3.40. The number of pyridine rings is 1. The smallest absolute Gasteiger partial charge is 0.172 e. The van der Waals surface area contributed by atoms with E-state index in [1.165, 1.54) is 18.3 Å². The Morgan fingerprint density at radius 1 is 1.00 bits per heavy atom. The maximum atomic E-state index is 11.9. The molecule has 0 aliphatic carbocycles. The van der Waals surface area contributed by atoms with Crippen LogP contribution in [-0.2, 0) is 0 Å². The number of hydrogen-bond acceptors (Lipinski definition) is 3. The highest BCUT2D eigenvalue weighted by molar-refractivity contribution is 6.42. The quantitative estimate of drug-likeness (QED) is 0.635. The molecule has 3 nitrogen and oxygen atoms in total. The molecule has 0 atom stereocenters. The van der Waals surface area contributed by atoms with Gasteiger partial charge < -0.3 is 0 Å². The van der Waals surface area contributed by atoms with E-state index in [1.54, 1.807) is 24.4 Å². The van der Waals surface area contributed by atoms with Crippen LogP contribution in [-0.4, -0.2) is 16.6 Å². The number of halogens is 2. The standard InChI is InChI=1S/C14H9Cl2NO2/c15-11-4-3-9(6-12(11)16)13(18)7-14(19)10-2-1-5-17-8-10/h1-6,8H,7H2. The van der Waals surface area contributed by atoms with Crippen molar-refractivity contribution in [1.82, 2.24) is 4.98 Å². The van der Waals surface area contributed by atoms with Crippen LogP contribution in [0.25, 0.3) is 0 Å². The topological polar surface area (TPSA) is 47.0 Å². The Kier molecular flexibility index (Phi) is 4.30. The molecular formula is C14H9Cl2NO2. The largest absolute Gasteiger partial charge is 0.294 e. The van der Waals surface area contributed by atoms with Gasteiger partial charge in [-0.05, 0) is 30.3 Å². The predicted molar refractivity (Wildman–Crippen MR) is 74.0 cm³/mol. The number of nitrogens with zero attached hydrogens (tertiary/aromatic N) is 1. The number of carbonyl (C=O) groups excluding carboxylic acids is 2. The van der Waals surface area contributed by atoms with Crippen LogP contribution in [0.15, 0.2) is 42.7 Å². The number of rotatable bonds is 4. The molecule has 0 N–H and O–H groups in total. The lowest BCUT2D eigenvalue weighted by Crippen LogP contribution is -2.08. The van der Waals surface area contributed by atoms with Crippen molar-refractivity contribution < 1.29 is 9.59 Å². The summed E-state index contributed by atoms with van der Waals surface area (Å²) in [4.78, 5) is 27.7. The van der Waals surface area contributed by atoms with E-state index in [1.807, 2.05) is 0 Å². The van der Waals surface area contributed by atoms with E-state index in [2.05, 4.69) is 4.98 Å². The minimum Gasteiger partial charge on any atom is -0.294 e. The highest BCUT2D eigenvalue weighted by atomic mass is 35.5. The van der Waals surface area contributed by atoms with Gasteiger partial charge in [-0.1, -0.05) is 23.2 Å². The highest BCUT2D eigenvalue weighted by Crippen LogP contribution is 2.23. The van der Waals surface area contributed by atoms with Crippen molar-refractivity contribution in [3.8, 4) is 0 Å². The van der Waals surface area contributed by atoms with Crippen molar-refractivity contribution >= 4 is 34.8 Å². The Hall–Kier alpha value is -1.71. The maximum absolute atomic E-state index is 11.9. The van der Waals surface area contributed by atoms with E-state index in [-0.39, 0.29) is 18.0 Å². The summed E-state index contributed by atoms with van der Waals surface area (Å²) >= 11 is 11.6. The molecular weight excluding hydrogens is 285 g/mol. The summed E-state index contributed by atoms with van der Waals surface area (Å²) in [6, 6.07) is 7.82. The Labute approximate surface area is 120 Å². The van der Waals surface area contributed by atoms with Gasteiger partial charge in [0.15, 0.2) is 11.6 Å². The van der Waals surface area contributed by atoms with Gasteiger partial charge in [0.1, 0.15) is 0 Å². The highest BCUT2D eigenvalue weighted by Gasteiger charge is 2.14. The fraction of sp³-hybridized carbons (Fsp3) is 0.0714. The molecule has 1 aromatic carbocycles. The van der Waals surface area contributed by atoms with Crippen molar-refractivity contribution in [3.05, 3.63) is 63.9 Å². The van der Waals surface area contributed by atoms with Gasteiger partial charge in [-0.15, -0.1) is 0 Å². The third-order valence-corrected chi connectivity index (χ3v) is 3.29. The van der Waals surface area contributed by atoms with Gasteiger partial charge in [-0.2, -0.15) is 0 Å². The van der Waals surface area contributed by atoms with Crippen LogP contribution in [0.1, 0.15) is 27.1 Å². The lowest BCUT2D eigenvalue weighted by atomic mass is 10.0. The van der Waals surface area contributed by atoms with Gasteiger partial charge in [-0.25, -0.2) is 0 Å². The predicted octanol–water partition coefficient (Wildman–Crippen LogP) is 3.84.